The van der Waals surface area contributed by atoms with Crippen molar-refractivity contribution in [3.05, 3.63) is 73.7 Å². The van der Waals surface area contributed by atoms with Gasteiger partial charge in [-0.2, -0.15) is 13.2 Å². The summed E-state index contributed by atoms with van der Waals surface area (Å²) in [6.45, 7) is 4.42. The second-order valence-electron chi connectivity index (χ2n) is 7.29. The first kappa shape index (κ1) is 27.8. The van der Waals surface area contributed by atoms with E-state index in [4.69, 9.17) is 34.8 Å². The summed E-state index contributed by atoms with van der Waals surface area (Å²) in [7, 11) is 0. The van der Waals surface area contributed by atoms with Crippen LogP contribution < -0.4 is 16.0 Å². The molecule has 1 unspecified atom stereocenters. The van der Waals surface area contributed by atoms with Gasteiger partial charge in [0.25, 0.3) is 5.91 Å². The van der Waals surface area contributed by atoms with E-state index in [0.717, 1.165) is 18.2 Å². The first-order valence-corrected chi connectivity index (χ1v) is 11.4. The molecule has 0 fully saturated rings. The van der Waals surface area contributed by atoms with Crippen LogP contribution in [-0.4, -0.2) is 37.7 Å². The van der Waals surface area contributed by atoms with Crippen LogP contribution in [-0.2, 0) is 0 Å². The molecule has 0 spiro atoms. The molecule has 0 saturated carbocycles. The third-order valence-corrected chi connectivity index (χ3v) is 5.92. The highest BCUT2D eigenvalue weighted by Crippen LogP contribution is 2.41. The zero-order valence-electron chi connectivity index (χ0n) is 18.3. The van der Waals surface area contributed by atoms with Crippen LogP contribution >= 0.6 is 34.8 Å². The molecule has 3 N–H and O–H groups in total. The number of halogens is 6. The third-order valence-electron chi connectivity index (χ3n) is 4.73. The number of hydrogen-bond acceptors (Lipinski definition) is 2. The molecule has 184 valence electrons. The Hall–Kier alpha value is -2.42. The summed E-state index contributed by atoms with van der Waals surface area (Å²) < 4.78 is 41.1. The summed E-state index contributed by atoms with van der Waals surface area (Å²) in [6.07, 6.45) is -2.27. The maximum absolute atomic E-state index is 13.7. The highest BCUT2D eigenvalue weighted by Gasteiger charge is 2.39. The number of alkyl halides is 3. The van der Waals surface area contributed by atoms with Crippen LogP contribution in [0.5, 0.6) is 0 Å². The molecule has 0 heterocycles. The van der Waals surface area contributed by atoms with E-state index in [-0.39, 0.29) is 45.7 Å². The molecule has 3 amide bonds. The smallest absolute Gasteiger partial charge is 0.350 e. The third kappa shape index (κ3) is 7.82. The quantitative estimate of drug-likeness (QED) is 0.271. The minimum atomic E-state index is -4.59. The fourth-order valence-corrected chi connectivity index (χ4v) is 3.70. The van der Waals surface area contributed by atoms with Gasteiger partial charge in [0.1, 0.15) is 0 Å². The minimum absolute atomic E-state index is 0.0125. The summed E-state index contributed by atoms with van der Waals surface area (Å²) in [4.78, 5) is 23.7. The molecule has 5 nitrogen and oxygen atoms in total. The van der Waals surface area contributed by atoms with Gasteiger partial charge in [0.15, 0.2) is 0 Å². The molecule has 2 rings (SSSR count). The second kappa shape index (κ2) is 12.3. The van der Waals surface area contributed by atoms with Crippen LogP contribution in [0.25, 0.3) is 6.08 Å². The van der Waals surface area contributed by atoms with Gasteiger partial charge in [-0.05, 0) is 48.7 Å². The molecular weight excluding hydrogens is 514 g/mol. The average Bonchev–Trinajstić information content (AvgIpc) is 2.74. The zero-order chi connectivity index (χ0) is 25.5. The predicted molar refractivity (Wildman–Crippen MR) is 130 cm³/mol. The predicted octanol–water partition coefficient (Wildman–Crippen LogP) is 6.36. The number of rotatable bonds is 8. The summed E-state index contributed by atoms with van der Waals surface area (Å²) in [5.41, 5.74) is 1.29. The maximum Gasteiger partial charge on any atom is 0.399 e. The van der Waals surface area contributed by atoms with E-state index in [1.807, 2.05) is 0 Å². The molecular formula is C23H23Cl3F3N3O2. The lowest BCUT2D eigenvalue weighted by molar-refractivity contribution is -0.139. The number of allylic oxidation sites excluding steroid dienone is 1. The van der Waals surface area contributed by atoms with Gasteiger partial charge >= 0.3 is 12.2 Å². The van der Waals surface area contributed by atoms with Gasteiger partial charge < -0.3 is 16.0 Å². The average molecular weight is 537 g/mol. The Kier molecular flexibility index (Phi) is 10.1. The van der Waals surface area contributed by atoms with Crippen molar-refractivity contribution in [2.24, 2.45) is 0 Å². The number of nitrogens with one attached hydrogen (secondary N) is 3. The molecule has 0 aliphatic carbocycles. The molecule has 0 bridgehead atoms. The van der Waals surface area contributed by atoms with E-state index in [2.05, 4.69) is 16.0 Å². The van der Waals surface area contributed by atoms with Crippen molar-refractivity contribution in [1.29, 1.82) is 0 Å². The molecule has 34 heavy (non-hydrogen) atoms. The first-order valence-electron chi connectivity index (χ1n) is 10.2. The second-order valence-corrected chi connectivity index (χ2v) is 8.49. The number of carbonyl (C=O) groups is 2. The highest BCUT2D eigenvalue weighted by molar-refractivity contribution is 6.48. The molecule has 0 aliphatic rings. The van der Waals surface area contributed by atoms with Crippen LogP contribution in [0.3, 0.4) is 0 Å². The van der Waals surface area contributed by atoms with Gasteiger partial charge in [0.05, 0.1) is 21.0 Å². The lowest BCUT2D eigenvalue weighted by Gasteiger charge is -2.18. The Morgan fingerprint density at radius 2 is 1.62 bits per heavy atom. The number of hydrogen-bond donors (Lipinski definition) is 3. The van der Waals surface area contributed by atoms with Gasteiger partial charge in [-0.3, -0.25) is 4.79 Å². The van der Waals surface area contributed by atoms with Crippen molar-refractivity contribution in [1.82, 2.24) is 16.0 Å². The molecule has 0 saturated heterocycles. The number of aryl methyl sites for hydroxylation is 1. The summed E-state index contributed by atoms with van der Waals surface area (Å²) in [6, 6.07) is 6.62. The Morgan fingerprint density at radius 3 is 2.18 bits per heavy atom. The molecule has 0 aromatic heterocycles. The van der Waals surface area contributed by atoms with Crippen molar-refractivity contribution in [3.8, 4) is 0 Å². The Balaban J connectivity index is 2.12. The SMILES string of the molecule is CCNC(=O)NCCNC(=O)c1ccc(/C=C/C(c2cc(Cl)c(Cl)c(Cl)c2)C(F)(F)F)cc1C. The fraction of sp³-hybridized carbons (Fsp3) is 0.304. The van der Waals surface area contributed by atoms with Gasteiger partial charge in [0, 0.05) is 25.2 Å². The lowest BCUT2D eigenvalue weighted by Crippen LogP contribution is -2.40. The van der Waals surface area contributed by atoms with Gasteiger partial charge in [-0.15, -0.1) is 0 Å². The fourth-order valence-electron chi connectivity index (χ4n) is 3.09. The normalized spacial score (nSPS) is 12.5. The summed E-state index contributed by atoms with van der Waals surface area (Å²) in [5.74, 6) is -2.31. The Morgan fingerprint density at radius 1 is 1.00 bits per heavy atom. The van der Waals surface area contributed by atoms with E-state index in [9.17, 15) is 22.8 Å². The van der Waals surface area contributed by atoms with Crippen LogP contribution in [0.15, 0.2) is 36.4 Å². The first-order chi connectivity index (χ1) is 15.9. The van der Waals surface area contributed by atoms with Crippen molar-refractivity contribution in [3.63, 3.8) is 0 Å². The van der Waals surface area contributed by atoms with Crippen LogP contribution in [0, 0.1) is 6.92 Å². The summed E-state index contributed by atoms with van der Waals surface area (Å²) >= 11 is 17.7. The van der Waals surface area contributed by atoms with Crippen molar-refractivity contribution in [2.75, 3.05) is 19.6 Å². The molecule has 0 radical (unpaired) electrons. The largest absolute Gasteiger partial charge is 0.399 e. The molecule has 1 atom stereocenters. The van der Waals surface area contributed by atoms with Crippen LogP contribution in [0.2, 0.25) is 15.1 Å². The number of amides is 3. The van der Waals surface area contributed by atoms with E-state index in [1.54, 1.807) is 26.0 Å². The summed E-state index contributed by atoms with van der Waals surface area (Å²) in [5, 5.41) is 7.68. The van der Waals surface area contributed by atoms with Gasteiger partial charge in [-0.25, -0.2) is 4.79 Å². The molecule has 2 aromatic carbocycles. The Labute approximate surface area is 210 Å². The number of benzene rings is 2. The van der Waals surface area contributed by atoms with Gasteiger partial charge in [0.2, 0.25) is 0 Å². The topological polar surface area (TPSA) is 70.2 Å². The monoisotopic (exact) mass is 535 g/mol. The van der Waals surface area contributed by atoms with E-state index in [1.165, 1.54) is 12.1 Å². The van der Waals surface area contributed by atoms with Crippen LogP contribution in [0.1, 0.15) is 39.9 Å². The van der Waals surface area contributed by atoms with Crippen LogP contribution in [0.4, 0.5) is 18.0 Å². The van der Waals surface area contributed by atoms with E-state index < -0.39 is 12.1 Å². The minimum Gasteiger partial charge on any atom is -0.350 e. The number of carbonyl (C=O) groups excluding carboxylic acids is 2. The number of urea groups is 1. The maximum atomic E-state index is 13.7. The van der Waals surface area contributed by atoms with E-state index in [0.29, 0.717) is 23.2 Å². The molecule has 0 aliphatic heterocycles. The van der Waals surface area contributed by atoms with Crippen molar-refractivity contribution >= 4 is 52.8 Å². The van der Waals surface area contributed by atoms with Crippen molar-refractivity contribution < 1.29 is 22.8 Å². The van der Waals surface area contributed by atoms with E-state index >= 15 is 0 Å². The Bertz CT molecular complexity index is 1050. The molecule has 2 aromatic rings. The lowest BCUT2D eigenvalue weighted by atomic mass is 9.96. The zero-order valence-corrected chi connectivity index (χ0v) is 20.6. The van der Waals surface area contributed by atoms with Gasteiger partial charge in [-0.1, -0.05) is 59.1 Å². The van der Waals surface area contributed by atoms with Crippen molar-refractivity contribution in [2.45, 2.75) is 25.9 Å². The standard InChI is InChI=1S/C23H23Cl3F3N3O2/c1-3-30-22(34)32-9-8-31-21(33)16-6-4-14(10-13(16)2)5-7-17(23(27,28)29)15-11-18(24)20(26)19(25)12-15/h4-7,10-12,17H,3,8-9H2,1-2H3,(H,31,33)(H2,30,32,34)/b7-5+. The molecule has 11 heteroatoms. The highest BCUT2D eigenvalue weighted by atomic mass is 35.5.